The summed E-state index contributed by atoms with van der Waals surface area (Å²) in [5.41, 5.74) is 0.962. The second-order valence-corrected chi connectivity index (χ2v) is 6.45. The van der Waals surface area contributed by atoms with Gasteiger partial charge in [-0.3, -0.25) is 14.5 Å². The molecule has 0 saturated carbocycles. The molecule has 0 heterocycles. The molecule has 9 heteroatoms. The second-order valence-electron chi connectivity index (χ2n) is 5.80. The molecular formula is C18H26BrNO7. The molecule has 1 aromatic carbocycles. The summed E-state index contributed by atoms with van der Waals surface area (Å²) >= 11 is 3.35. The van der Waals surface area contributed by atoms with Crippen LogP contribution < -0.4 is 4.74 Å². The Morgan fingerprint density at radius 3 is 2.15 bits per heavy atom. The van der Waals surface area contributed by atoms with E-state index in [0.29, 0.717) is 43.9 Å². The van der Waals surface area contributed by atoms with Gasteiger partial charge in [-0.05, 0) is 24.1 Å². The van der Waals surface area contributed by atoms with E-state index >= 15 is 0 Å². The number of ether oxygens (including phenoxy) is 3. The Morgan fingerprint density at radius 1 is 1.04 bits per heavy atom. The maximum atomic E-state index is 11.0. The number of alkyl halides is 1. The van der Waals surface area contributed by atoms with Crippen LogP contribution >= 0.6 is 15.9 Å². The summed E-state index contributed by atoms with van der Waals surface area (Å²) in [5.74, 6) is -1.41. The number of aliphatic carboxylic acids is 2. The van der Waals surface area contributed by atoms with Crippen molar-refractivity contribution in [2.75, 3.05) is 52.0 Å². The van der Waals surface area contributed by atoms with Gasteiger partial charge in [-0.1, -0.05) is 28.1 Å². The van der Waals surface area contributed by atoms with E-state index in [1.54, 1.807) is 7.11 Å². The van der Waals surface area contributed by atoms with Gasteiger partial charge in [-0.15, -0.1) is 0 Å². The Hall–Kier alpha value is -1.68. The molecule has 0 amide bonds. The molecule has 0 aliphatic rings. The molecule has 1 atom stereocenters. The van der Waals surface area contributed by atoms with Gasteiger partial charge in [-0.25, -0.2) is 0 Å². The molecule has 27 heavy (non-hydrogen) atoms. The summed E-state index contributed by atoms with van der Waals surface area (Å²) in [6.45, 7) is 1.31. The molecular weight excluding hydrogens is 422 g/mol. The monoisotopic (exact) mass is 447 g/mol. The van der Waals surface area contributed by atoms with E-state index in [0.717, 1.165) is 5.56 Å². The van der Waals surface area contributed by atoms with Crippen molar-refractivity contribution in [1.29, 1.82) is 0 Å². The number of benzene rings is 1. The highest BCUT2D eigenvalue weighted by atomic mass is 79.9. The van der Waals surface area contributed by atoms with E-state index in [4.69, 9.17) is 24.4 Å². The highest BCUT2D eigenvalue weighted by molar-refractivity contribution is 9.09. The van der Waals surface area contributed by atoms with Crippen molar-refractivity contribution in [3.8, 4) is 5.75 Å². The molecule has 152 valence electrons. The van der Waals surface area contributed by atoms with E-state index in [2.05, 4.69) is 15.9 Å². The lowest BCUT2D eigenvalue weighted by Crippen LogP contribution is -2.44. The van der Waals surface area contributed by atoms with Gasteiger partial charge in [0.15, 0.2) is 0 Å². The largest absolute Gasteiger partial charge is 0.491 e. The zero-order chi connectivity index (χ0) is 20.1. The van der Waals surface area contributed by atoms with Crippen molar-refractivity contribution in [3.05, 3.63) is 29.8 Å². The van der Waals surface area contributed by atoms with Gasteiger partial charge in [0.2, 0.25) is 0 Å². The number of methoxy groups -OCH3 is 1. The fourth-order valence-electron chi connectivity index (χ4n) is 2.40. The summed E-state index contributed by atoms with van der Waals surface area (Å²) in [7, 11) is 1.62. The number of halogens is 1. The lowest BCUT2D eigenvalue weighted by Gasteiger charge is -2.27. The predicted molar refractivity (Wildman–Crippen MR) is 103 cm³/mol. The smallest absolute Gasteiger partial charge is 0.317 e. The molecule has 1 aromatic rings. The maximum Gasteiger partial charge on any atom is 0.317 e. The Morgan fingerprint density at radius 2 is 1.63 bits per heavy atom. The Bertz CT molecular complexity index is 551. The highest BCUT2D eigenvalue weighted by Crippen LogP contribution is 2.16. The molecule has 0 aliphatic heterocycles. The van der Waals surface area contributed by atoms with Gasteiger partial charge >= 0.3 is 11.9 Å². The molecule has 0 radical (unpaired) electrons. The van der Waals surface area contributed by atoms with Crippen molar-refractivity contribution in [3.63, 3.8) is 0 Å². The van der Waals surface area contributed by atoms with Crippen LogP contribution in [0.5, 0.6) is 5.75 Å². The zero-order valence-electron chi connectivity index (χ0n) is 15.3. The highest BCUT2D eigenvalue weighted by Gasteiger charge is 2.22. The molecule has 2 N–H and O–H groups in total. The van der Waals surface area contributed by atoms with Crippen LogP contribution in [0.2, 0.25) is 0 Å². The van der Waals surface area contributed by atoms with E-state index in [9.17, 15) is 9.59 Å². The van der Waals surface area contributed by atoms with Crippen LogP contribution in [0.3, 0.4) is 0 Å². The SMILES string of the molecule is COCCOCCOc1ccc(CC(CBr)N(CC(=O)O)CC(=O)O)cc1. The van der Waals surface area contributed by atoms with Crippen molar-refractivity contribution in [2.24, 2.45) is 0 Å². The van der Waals surface area contributed by atoms with Gasteiger partial charge < -0.3 is 24.4 Å². The molecule has 0 aromatic heterocycles. The van der Waals surface area contributed by atoms with Crippen LogP contribution in [0.25, 0.3) is 0 Å². The maximum absolute atomic E-state index is 11.0. The summed E-state index contributed by atoms with van der Waals surface area (Å²) in [6.07, 6.45) is 0.520. The number of rotatable bonds is 15. The van der Waals surface area contributed by atoms with Crippen molar-refractivity contribution in [1.82, 2.24) is 4.90 Å². The van der Waals surface area contributed by atoms with Gasteiger partial charge in [0.05, 0.1) is 32.9 Å². The van der Waals surface area contributed by atoms with Crippen molar-refractivity contribution >= 4 is 27.9 Å². The van der Waals surface area contributed by atoms with E-state index in [1.165, 1.54) is 4.90 Å². The number of hydrogen-bond acceptors (Lipinski definition) is 6. The zero-order valence-corrected chi connectivity index (χ0v) is 16.9. The topological polar surface area (TPSA) is 106 Å². The van der Waals surface area contributed by atoms with Gasteiger partial charge in [0, 0.05) is 18.5 Å². The van der Waals surface area contributed by atoms with Crippen LogP contribution in [-0.2, 0) is 25.5 Å². The fourth-order valence-corrected chi connectivity index (χ4v) is 3.04. The van der Waals surface area contributed by atoms with Crippen molar-refractivity contribution < 1.29 is 34.0 Å². The molecule has 0 saturated heterocycles. The van der Waals surface area contributed by atoms with Gasteiger partial charge in [-0.2, -0.15) is 0 Å². The lowest BCUT2D eigenvalue weighted by molar-refractivity contribution is -0.142. The minimum absolute atomic E-state index is 0.252. The Balaban J connectivity index is 2.55. The minimum Gasteiger partial charge on any atom is -0.491 e. The average Bonchev–Trinajstić information content (AvgIpc) is 2.62. The van der Waals surface area contributed by atoms with Crippen LogP contribution in [-0.4, -0.2) is 85.1 Å². The first-order valence-corrected chi connectivity index (χ1v) is 9.60. The molecule has 0 bridgehead atoms. The number of nitrogens with zero attached hydrogens (tertiary/aromatic N) is 1. The van der Waals surface area contributed by atoms with Gasteiger partial charge in [0.25, 0.3) is 0 Å². The quantitative estimate of drug-likeness (QED) is 0.307. The van der Waals surface area contributed by atoms with E-state index in [-0.39, 0.29) is 19.1 Å². The summed E-state index contributed by atoms with van der Waals surface area (Å²) in [5, 5.41) is 18.5. The first kappa shape index (κ1) is 23.4. The molecule has 1 unspecified atom stereocenters. The standard InChI is InChI=1S/C18H26BrNO7/c1-25-6-7-26-8-9-27-16-4-2-14(3-5-16)10-15(11-19)20(12-17(21)22)13-18(23)24/h2-5,15H,6-13H2,1H3,(H,21,22)(H,23,24). The molecule has 0 fully saturated rings. The Kier molecular flexibility index (Phi) is 11.7. The first-order chi connectivity index (χ1) is 13.0. The molecule has 1 rings (SSSR count). The van der Waals surface area contributed by atoms with E-state index < -0.39 is 11.9 Å². The Labute approximate surface area is 167 Å². The predicted octanol–water partition coefficient (Wildman–Crippen LogP) is 1.51. The normalized spacial score (nSPS) is 12.1. The summed E-state index contributed by atoms with van der Waals surface area (Å²) < 4.78 is 15.8. The molecule has 0 spiro atoms. The fraction of sp³-hybridized carbons (Fsp3) is 0.556. The number of carbonyl (C=O) groups is 2. The van der Waals surface area contributed by atoms with Crippen molar-refractivity contribution in [2.45, 2.75) is 12.5 Å². The van der Waals surface area contributed by atoms with E-state index in [1.807, 2.05) is 24.3 Å². The van der Waals surface area contributed by atoms with Crippen LogP contribution in [0, 0.1) is 0 Å². The summed E-state index contributed by atoms with van der Waals surface area (Å²) in [6, 6.07) is 7.17. The third kappa shape index (κ3) is 10.3. The number of carboxylic acid groups (broad SMARTS) is 2. The lowest BCUT2D eigenvalue weighted by atomic mass is 10.1. The molecule has 8 nitrogen and oxygen atoms in total. The van der Waals surface area contributed by atoms with Crippen LogP contribution in [0.1, 0.15) is 5.56 Å². The molecule has 0 aliphatic carbocycles. The minimum atomic E-state index is -1.06. The third-order valence-electron chi connectivity index (χ3n) is 3.69. The summed E-state index contributed by atoms with van der Waals surface area (Å²) in [4.78, 5) is 23.4. The van der Waals surface area contributed by atoms with Gasteiger partial charge in [0.1, 0.15) is 12.4 Å². The number of carboxylic acids is 2. The number of hydrogen-bond donors (Lipinski definition) is 2. The second kappa shape index (κ2) is 13.5. The first-order valence-electron chi connectivity index (χ1n) is 8.48. The average molecular weight is 448 g/mol. The van der Waals surface area contributed by atoms with Crippen LogP contribution in [0.4, 0.5) is 0 Å². The third-order valence-corrected chi connectivity index (χ3v) is 4.44. The van der Waals surface area contributed by atoms with Crippen LogP contribution in [0.15, 0.2) is 24.3 Å².